The van der Waals surface area contributed by atoms with E-state index in [1.54, 1.807) is 17.8 Å². The van der Waals surface area contributed by atoms with Gasteiger partial charge in [0.1, 0.15) is 17.7 Å². The predicted octanol–water partition coefficient (Wildman–Crippen LogP) is 2.20. The molecule has 2 aromatic heterocycles. The maximum atomic E-state index is 12.8. The zero-order chi connectivity index (χ0) is 16.0. The molecule has 0 spiro atoms. The lowest BCUT2D eigenvalue weighted by Crippen LogP contribution is -2.35. The Morgan fingerprint density at radius 1 is 1.26 bits per heavy atom. The number of nitrogens with one attached hydrogen (secondary N) is 1. The smallest absolute Gasteiger partial charge is 0.275 e. The highest BCUT2D eigenvalue weighted by atomic mass is 16.1. The molecular formula is C17H17N5O. The summed E-state index contributed by atoms with van der Waals surface area (Å²) >= 11 is 0. The molecule has 0 atom stereocenters. The van der Waals surface area contributed by atoms with Gasteiger partial charge in [0.05, 0.1) is 11.4 Å². The van der Waals surface area contributed by atoms with E-state index in [2.05, 4.69) is 33.2 Å². The number of hydrogen-bond donors (Lipinski definition) is 1. The molecule has 0 saturated heterocycles. The van der Waals surface area contributed by atoms with Gasteiger partial charge in [-0.3, -0.25) is 9.36 Å². The number of aryl methyl sites for hydroxylation is 2. The van der Waals surface area contributed by atoms with E-state index in [0.717, 1.165) is 29.9 Å². The number of para-hydroxylation sites is 1. The molecule has 0 fully saturated rings. The number of fused-ring (bicyclic) bond motifs is 2. The van der Waals surface area contributed by atoms with Gasteiger partial charge in [0.25, 0.3) is 5.56 Å². The zero-order valence-electron chi connectivity index (χ0n) is 13.1. The minimum Gasteiger partial charge on any atom is -0.381 e. The molecule has 1 aliphatic rings. The molecule has 0 amide bonds. The number of pyridine rings is 1. The second-order valence-electron chi connectivity index (χ2n) is 5.74. The second kappa shape index (κ2) is 5.08. The lowest BCUT2D eigenvalue weighted by atomic mass is 10.1. The topological polar surface area (TPSA) is 63.0 Å². The summed E-state index contributed by atoms with van der Waals surface area (Å²) in [6.45, 7) is 3.61. The lowest BCUT2D eigenvalue weighted by Gasteiger charge is -2.32. The fourth-order valence-electron chi connectivity index (χ4n) is 3.16. The molecular weight excluding hydrogens is 290 g/mol. The highest BCUT2D eigenvalue weighted by molar-refractivity contribution is 5.84. The average Bonchev–Trinajstić information content (AvgIpc) is 2.58. The van der Waals surface area contributed by atoms with E-state index in [0.29, 0.717) is 11.3 Å². The summed E-state index contributed by atoms with van der Waals surface area (Å²) in [6.07, 6.45) is 3.20. The zero-order valence-corrected chi connectivity index (χ0v) is 13.1. The Kier molecular flexibility index (Phi) is 3.04. The van der Waals surface area contributed by atoms with Crippen LogP contribution in [0.15, 0.2) is 41.6 Å². The Hall–Kier alpha value is -2.89. The van der Waals surface area contributed by atoms with Gasteiger partial charge in [-0.15, -0.1) is 0 Å². The van der Waals surface area contributed by atoms with Gasteiger partial charge < -0.3 is 10.2 Å². The quantitative estimate of drug-likeness (QED) is 0.747. The Bertz CT molecular complexity index is 963. The van der Waals surface area contributed by atoms with E-state index in [-0.39, 0.29) is 5.56 Å². The molecule has 0 aliphatic carbocycles. The molecule has 3 aromatic rings. The Morgan fingerprint density at radius 2 is 2.13 bits per heavy atom. The predicted molar refractivity (Wildman–Crippen MR) is 91.5 cm³/mol. The molecule has 3 heterocycles. The standard InChI is InChI=1S/C17H17N5O/c1-11-4-3-5-13-15(11)19-6-7-22(13)14-8-12-9-18-10-20-16(12)21(2)17(14)23/h3-5,8-10,19H,6-7H2,1-2H3. The van der Waals surface area contributed by atoms with E-state index in [4.69, 9.17) is 0 Å². The summed E-state index contributed by atoms with van der Waals surface area (Å²) in [6, 6.07) is 8.01. The van der Waals surface area contributed by atoms with Crippen molar-refractivity contribution in [3.63, 3.8) is 0 Å². The van der Waals surface area contributed by atoms with Gasteiger partial charge in [-0.25, -0.2) is 9.97 Å². The average molecular weight is 307 g/mol. The maximum Gasteiger partial charge on any atom is 0.275 e. The van der Waals surface area contributed by atoms with Crippen LogP contribution in [0.1, 0.15) is 5.56 Å². The van der Waals surface area contributed by atoms with Crippen molar-refractivity contribution in [3.8, 4) is 0 Å². The molecule has 116 valence electrons. The van der Waals surface area contributed by atoms with Gasteiger partial charge in [0.2, 0.25) is 0 Å². The minimum atomic E-state index is -0.0504. The highest BCUT2D eigenvalue weighted by Gasteiger charge is 2.22. The number of benzene rings is 1. The summed E-state index contributed by atoms with van der Waals surface area (Å²) in [5.74, 6) is 0. The monoisotopic (exact) mass is 307 g/mol. The minimum absolute atomic E-state index is 0.0504. The second-order valence-corrected chi connectivity index (χ2v) is 5.74. The van der Waals surface area contributed by atoms with Gasteiger partial charge in [-0.05, 0) is 24.6 Å². The van der Waals surface area contributed by atoms with Crippen molar-refractivity contribution < 1.29 is 0 Å². The number of nitrogens with zero attached hydrogens (tertiary/aromatic N) is 4. The van der Waals surface area contributed by atoms with Crippen LogP contribution in [-0.4, -0.2) is 27.6 Å². The SMILES string of the molecule is Cc1cccc2c1NCCN2c1cc2cncnc2n(C)c1=O. The first kappa shape index (κ1) is 13.8. The Morgan fingerprint density at radius 3 is 3.00 bits per heavy atom. The first-order valence-corrected chi connectivity index (χ1v) is 7.57. The molecule has 23 heavy (non-hydrogen) atoms. The van der Waals surface area contributed by atoms with Crippen molar-refractivity contribution in [2.24, 2.45) is 7.05 Å². The van der Waals surface area contributed by atoms with E-state index >= 15 is 0 Å². The van der Waals surface area contributed by atoms with Crippen molar-refractivity contribution in [1.29, 1.82) is 0 Å². The van der Waals surface area contributed by atoms with Crippen molar-refractivity contribution in [2.45, 2.75) is 6.92 Å². The molecule has 1 N–H and O–H groups in total. The molecule has 0 saturated carbocycles. The number of anilines is 3. The van der Waals surface area contributed by atoms with Crippen LogP contribution >= 0.6 is 0 Å². The largest absolute Gasteiger partial charge is 0.381 e. The van der Waals surface area contributed by atoms with Crippen LogP contribution < -0.4 is 15.8 Å². The molecule has 1 aliphatic heterocycles. The highest BCUT2D eigenvalue weighted by Crippen LogP contribution is 2.35. The first-order chi connectivity index (χ1) is 11.2. The van der Waals surface area contributed by atoms with Crippen LogP contribution in [0, 0.1) is 6.92 Å². The van der Waals surface area contributed by atoms with Crippen molar-refractivity contribution >= 4 is 28.1 Å². The Labute approximate surface area is 133 Å². The third kappa shape index (κ3) is 2.06. The normalized spacial score (nSPS) is 13.7. The summed E-state index contributed by atoms with van der Waals surface area (Å²) in [5.41, 5.74) is 4.55. The molecule has 6 heteroatoms. The molecule has 0 radical (unpaired) electrons. The fourth-order valence-corrected chi connectivity index (χ4v) is 3.16. The van der Waals surface area contributed by atoms with Crippen molar-refractivity contribution in [1.82, 2.24) is 14.5 Å². The molecule has 6 nitrogen and oxygen atoms in total. The van der Waals surface area contributed by atoms with E-state index in [1.807, 2.05) is 18.2 Å². The first-order valence-electron chi connectivity index (χ1n) is 7.57. The summed E-state index contributed by atoms with van der Waals surface area (Å²) < 4.78 is 1.59. The van der Waals surface area contributed by atoms with Crippen LogP contribution in [0.4, 0.5) is 17.1 Å². The number of aromatic nitrogens is 3. The van der Waals surface area contributed by atoms with E-state index in [1.165, 1.54) is 11.9 Å². The third-order valence-electron chi connectivity index (χ3n) is 4.32. The molecule has 1 aromatic carbocycles. The fraction of sp³-hybridized carbons (Fsp3) is 0.235. The number of rotatable bonds is 1. The van der Waals surface area contributed by atoms with E-state index < -0.39 is 0 Å². The van der Waals surface area contributed by atoms with Crippen LogP contribution in [-0.2, 0) is 7.05 Å². The molecule has 4 rings (SSSR count). The molecule has 0 unspecified atom stereocenters. The third-order valence-corrected chi connectivity index (χ3v) is 4.32. The van der Waals surface area contributed by atoms with Gasteiger partial charge >= 0.3 is 0 Å². The van der Waals surface area contributed by atoms with Gasteiger partial charge in [0, 0.05) is 31.7 Å². The van der Waals surface area contributed by atoms with Gasteiger partial charge in [0.15, 0.2) is 0 Å². The molecule has 0 bridgehead atoms. The van der Waals surface area contributed by atoms with Crippen LogP contribution in [0.5, 0.6) is 0 Å². The van der Waals surface area contributed by atoms with Crippen LogP contribution in [0.3, 0.4) is 0 Å². The summed E-state index contributed by atoms with van der Waals surface area (Å²) in [4.78, 5) is 23.2. The Balaban J connectivity index is 1.97. The van der Waals surface area contributed by atoms with Crippen LogP contribution in [0.2, 0.25) is 0 Å². The lowest BCUT2D eigenvalue weighted by molar-refractivity contribution is 0.854. The summed E-state index contributed by atoms with van der Waals surface area (Å²) in [5, 5.41) is 4.29. The number of hydrogen-bond acceptors (Lipinski definition) is 5. The van der Waals surface area contributed by atoms with E-state index in [9.17, 15) is 4.79 Å². The van der Waals surface area contributed by atoms with Gasteiger partial charge in [-0.1, -0.05) is 12.1 Å². The van der Waals surface area contributed by atoms with Gasteiger partial charge in [-0.2, -0.15) is 0 Å². The van der Waals surface area contributed by atoms with Crippen molar-refractivity contribution in [3.05, 3.63) is 52.7 Å². The summed E-state index contributed by atoms with van der Waals surface area (Å²) in [7, 11) is 1.75. The maximum absolute atomic E-state index is 12.8. The van der Waals surface area contributed by atoms with Crippen LogP contribution in [0.25, 0.3) is 11.0 Å². The van der Waals surface area contributed by atoms with Crippen molar-refractivity contribution in [2.75, 3.05) is 23.3 Å².